The van der Waals surface area contributed by atoms with E-state index in [1.807, 2.05) is 0 Å². The van der Waals surface area contributed by atoms with Crippen molar-refractivity contribution >= 4 is 12.4 Å². The van der Waals surface area contributed by atoms with Gasteiger partial charge in [0.1, 0.15) is 35.1 Å². The first kappa shape index (κ1) is 25.5. The molecule has 179 valence electrons. The van der Waals surface area contributed by atoms with Crippen molar-refractivity contribution in [3.8, 4) is 23.0 Å². The van der Waals surface area contributed by atoms with Gasteiger partial charge in [-0.05, 0) is 36.4 Å². The molecule has 0 aliphatic carbocycles. The number of para-hydroxylation sites is 4. The number of nitrogens with zero attached hydrogens (tertiary/aromatic N) is 2. The van der Waals surface area contributed by atoms with Crippen LogP contribution < -0.4 is 0 Å². The quantitative estimate of drug-likeness (QED) is 0.245. The molecule has 2 unspecified atom stereocenters. The summed E-state index contributed by atoms with van der Waals surface area (Å²) in [5.74, 6) is 0.193. The zero-order valence-electron chi connectivity index (χ0n) is 18.6. The summed E-state index contributed by atoms with van der Waals surface area (Å²) in [6.07, 6.45) is 3.05. The van der Waals surface area contributed by atoms with E-state index in [-0.39, 0.29) is 39.8 Å². The molecular weight excluding hydrogens is 487 g/mol. The Bertz CT molecular complexity index is 1240. The second-order valence-electron chi connectivity index (χ2n) is 7.68. The van der Waals surface area contributed by atoms with E-state index in [2.05, 4.69) is 0 Å². The third-order valence-corrected chi connectivity index (χ3v) is 5.43. The second-order valence-corrected chi connectivity index (χ2v) is 7.68. The van der Waals surface area contributed by atoms with E-state index < -0.39 is 12.1 Å². The summed E-state index contributed by atoms with van der Waals surface area (Å²) in [6, 6.07) is 25.7. The maximum absolute atomic E-state index is 10.6. The molecule has 4 aromatic rings. The summed E-state index contributed by atoms with van der Waals surface area (Å²) in [5.41, 5.74) is 2.00. The molecule has 0 heterocycles. The van der Waals surface area contributed by atoms with Gasteiger partial charge in [-0.15, -0.1) is 0 Å². The van der Waals surface area contributed by atoms with E-state index in [0.29, 0.717) is 22.3 Å². The van der Waals surface area contributed by atoms with Gasteiger partial charge in [-0.1, -0.05) is 60.7 Å². The van der Waals surface area contributed by atoms with Crippen LogP contribution in [0.5, 0.6) is 23.0 Å². The Balaban J connectivity index is 0.00000342. The SMILES string of the molecule is Oc1ccccc1C=NC(c1ccccc1O)C(N=Cc1ccccc1O)c1ccccc1O.[Co]. The average Bonchev–Trinajstić information content (AvgIpc) is 2.84. The number of phenolic OH excluding ortho intramolecular Hbond substituents is 4. The minimum atomic E-state index is -0.754. The molecule has 0 aliphatic heterocycles. The van der Waals surface area contributed by atoms with E-state index in [0.717, 1.165) is 0 Å². The summed E-state index contributed by atoms with van der Waals surface area (Å²) in [7, 11) is 0. The fourth-order valence-electron chi connectivity index (χ4n) is 3.65. The number of benzene rings is 4. The van der Waals surface area contributed by atoms with Crippen LogP contribution in [0.2, 0.25) is 0 Å². The molecule has 7 heteroatoms. The molecule has 0 spiro atoms. The number of hydrogen-bond acceptors (Lipinski definition) is 6. The normalized spacial score (nSPS) is 12.9. The first-order valence-corrected chi connectivity index (χ1v) is 10.7. The third kappa shape index (κ3) is 6.09. The van der Waals surface area contributed by atoms with Gasteiger partial charge >= 0.3 is 0 Å². The van der Waals surface area contributed by atoms with Crippen molar-refractivity contribution in [2.24, 2.45) is 9.98 Å². The third-order valence-electron chi connectivity index (χ3n) is 5.43. The van der Waals surface area contributed by atoms with Crippen LogP contribution in [0.25, 0.3) is 0 Å². The predicted octanol–water partition coefficient (Wildman–Crippen LogP) is 5.53. The Morgan fingerprint density at radius 2 is 0.771 bits per heavy atom. The van der Waals surface area contributed by atoms with Crippen molar-refractivity contribution in [1.82, 2.24) is 0 Å². The Hall–Kier alpha value is -4.07. The van der Waals surface area contributed by atoms with E-state index in [4.69, 9.17) is 9.98 Å². The molecule has 0 saturated carbocycles. The van der Waals surface area contributed by atoms with Gasteiger partial charge < -0.3 is 20.4 Å². The van der Waals surface area contributed by atoms with E-state index in [9.17, 15) is 20.4 Å². The van der Waals surface area contributed by atoms with Gasteiger partial charge in [0.15, 0.2) is 0 Å². The topological polar surface area (TPSA) is 106 Å². The van der Waals surface area contributed by atoms with Gasteiger partial charge in [0, 0.05) is 51.5 Å². The Morgan fingerprint density at radius 1 is 0.457 bits per heavy atom. The van der Waals surface area contributed by atoms with Crippen LogP contribution in [0.4, 0.5) is 0 Å². The molecule has 4 N–H and O–H groups in total. The van der Waals surface area contributed by atoms with Crippen molar-refractivity contribution in [3.63, 3.8) is 0 Å². The van der Waals surface area contributed by atoms with E-state index >= 15 is 0 Å². The van der Waals surface area contributed by atoms with Crippen LogP contribution in [0.1, 0.15) is 34.3 Å². The molecule has 1 radical (unpaired) electrons. The molecule has 0 amide bonds. The molecule has 0 aromatic heterocycles. The van der Waals surface area contributed by atoms with E-state index in [1.165, 1.54) is 12.4 Å². The standard InChI is InChI=1S/C28H24N2O4.Co/c31-23-13-5-1-9-19(23)17-29-27(21-11-3-7-15-25(21)33)28(22-12-4-8-16-26(22)34)30-18-20-10-2-6-14-24(20)32;/h1-18,27-28,31-34H;. The predicted molar refractivity (Wildman–Crippen MR) is 133 cm³/mol. The molecule has 35 heavy (non-hydrogen) atoms. The first-order chi connectivity index (χ1) is 16.5. The van der Waals surface area contributed by atoms with Crippen molar-refractivity contribution in [1.29, 1.82) is 0 Å². The van der Waals surface area contributed by atoms with Gasteiger partial charge in [-0.25, -0.2) is 0 Å². The van der Waals surface area contributed by atoms with Crippen LogP contribution in [0.3, 0.4) is 0 Å². The fraction of sp³-hybridized carbons (Fsp3) is 0.0714. The summed E-state index contributed by atoms with van der Waals surface area (Å²) in [5, 5.41) is 41.7. The van der Waals surface area contributed by atoms with Gasteiger partial charge in [-0.2, -0.15) is 0 Å². The zero-order chi connectivity index (χ0) is 23.9. The number of aromatic hydroxyl groups is 4. The largest absolute Gasteiger partial charge is 0.508 e. The molecule has 0 aliphatic rings. The van der Waals surface area contributed by atoms with Crippen LogP contribution in [-0.2, 0) is 16.8 Å². The monoisotopic (exact) mass is 511 g/mol. The molecule has 4 rings (SSSR count). The van der Waals surface area contributed by atoms with Gasteiger partial charge in [0.05, 0.1) is 0 Å². The van der Waals surface area contributed by atoms with Crippen molar-refractivity contribution in [2.75, 3.05) is 0 Å². The number of aliphatic imine (C=N–C) groups is 2. The summed E-state index contributed by atoms with van der Waals surface area (Å²) in [4.78, 5) is 9.41. The number of rotatable bonds is 7. The maximum Gasteiger partial charge on any atom is 0.124 e. The zero-order valence-corrected chi connectivity index (χ0v) is 19.6. The van der Waals surface area contributed by atoms with Crippen LogP contribution >= 0.6 is 0 Å². The van der Waals surface area contributed by atoms with Crippen molar-refractivity contribution in [2.45, 2.75) is 12.1 Å². The van der Waals surface area contributed by atoms with Crippen LogP contribution in [-0.4, -0.2) is 32.9 Å². The van der Waals surface area contributed by atoms with Crippen molar-refractivity contribution < 1.29 is 37.2 Å². The van der Waals surface area contributed by atoms with Crippen molar-refractivity contribution in [3.05, 3.63) is 119 Å². The Kier molecular flexibility index (Phi) is 8.67. The van der Waals surface area contributed by atoms with E-state index in [1.54, 1.807) is 97.1 Å². The Morgan fingerprint density at radius 3 is 1.11 bits per heavy atom. The summed E-state index contributed by atoms with van der Waals surface area (Å²) < 4.78 is 0. The van der Waals surface area contributed by atoms with Gasteiger partial charge in [0.2, 0.25) is 0 Å². The second kappa shape index (κ2) is 11.9. The molecular formula is C28H24CoN2O4. The minimum Gasteiger partial charge on any atom is -0.508 e. The summed E-state index contributed by atoms with van der Waals surface area (Å²) in [6.45, 7) is 0. The molecule has 0 bridgehead atoms. The summed E-state index contributed by atoms with van der Waals surface area (Å²) >= 11 is 0. The molecule has 0 saturated heterocycles. The first-order valence-electron chi connectivity index (χ1n) is 10.7. The smallest absolute Gasteiger partial charge is 0.124 e. The average molecular weight is 511 g/mol. The van der Waals surface area contributed by atoms with Gasteiger partial charge in [-0.3, -0.25) is 9.98 Å². The molecule has 2 atom stereocenters. The molecule has 4 aromatic carbocycles. The Labute approximate surface area is 213 Å². The van der Waals surface area contributed by atoms with Gasteiger partial charge in [0.25, 0.3) is 0 Å². The molecule has 0 fully saturated rings. The van der Waals surface area contributed by atoms with Crippen LogP contribution in [0.15, 0.2) is 107 Å². The number of phenols is 4. The minimum absolute atomic E-state index is 0. The maximum atomic E-state index is 10.6. The molecule has 6 nitrogen and oxygen atoms in total. The number of hydrogen-bond donors (Lipinski definition) is 4. The fourth-order valence-corrected chi connectivity index (χ4v) is 3.65. The van der Waals surface area contributed by atoms with Crippen LogP contribution in [0, 0.1) is 0 Å².